The van der Waals surface area contributed by atoms with E-state index < -0.39 is 17.2 Å². The molecule has 0 heterocycles. The van der Waals surface area contributed by atoms with Crippen molar-refractivity contribution in [2.45, 2.75) is 45.3 Å². The molecule has 1 unspecified atom stereocenters. The van der Waals surface area contributed by atoms with Crippen LogP contribution in [-0.2, 0) is 15.1 Å². The summed E-state index contributed by atoms with van der Waals surface area (Å²) in [6.45, 7) is 7.19. The Bertz CT molecular complexity index is 1100. The molecule has 3 rings (SSSR count). The summed E-state index contributed by atoms with van der Waals surface area (Å²) < 4.78 is 6.21. The maximum atomic E-state index is 12.7. The van der Waals surface area contributed by atoms with Crippen molar-refractivity contribution in [3.63, 3.8) is 0 Å². The Morgan fingerprint density at radius 1 is 1.10 bits per heavy atom. The number of aliphatic carboxylic acids is 1. The molecule has 0 saturated carbocycles. The third-order valence-corrected chi connectivity index (χ3v) is 5.32. The molecule has 3 aromatic rings. The minimum Gasteiger partial charge on any atom is -0.479 e. The van der Waals surface area contributed by atoms with Crippen LogP contribution in [0.25, 0.3) is 21.9 Å². The quantitative estimate of drug-likeness (QED) is 0.460. The van der Waals surface area contributed by atoms with Gasteiger partial charge in [-0.15, -0.1) is 0 Å². The molecular weight excluding hydrogens is 400 g/mol. The number of carbonyl (C=O) groups excluding carboxylic acids is 1. The molecule has 3 aromatic carbocycles. The summed E-state index contributed by atoms with van der Waals surface area (Å²) in [4.78, 5) is 24.9. The van der Waals surface area contributed by atoms with E-state index in [1.165, 1.54) is 0 Å². The highest BCUT2D eigenvalue weighted by molar-refractivity contribution is 6.30. The number of hydrogen-bond acceptors (Lipinski definition) is 3. The summed E-state index contributed by atoms with van der Waals surface area (Å²) in [5, 5.41) is 12.6. The molecule has 0 spiro atoms. The summed E-state index contributed by atoms with van der Waals surface area (Å²) in [5.74, 6) is -1.13. The van der Waals surface area contributed by atoms with Gasteiger partial charge in [0, 0.05) is 16.1 Å². The fourth-order valence-corrected chi connectivity index (χ4v) is 4.06. The van der Waals surface area contributed by atoms with Crippen molar-refractivity contribution >= 4 is 34.6 Å². The molecule has 156 valence electrons. The summed E-state index contributed by atoms with van der Waals surface area (Å²) in [6.07, 6.45) is 0.861. The first-order valence-corrected chi connectivity index (χ1v) is 10.2. The van der Waals surface area contributed by atoms with E-state index in [9.17, 15) is 14.7 Å². The van der Waals surface area contributed by atoms with Gasteiger partial charge in [-0.2, -0.15) is 0 Å². The molecule has 0 saturated heterocycles. The van der Waals surface area contributed by atoms with Gasteiger partial charge in [0.25, 0.3) is 0 Å². The van der Waals surface area contributed by atoms with E-state index in [0.29, 0.717) is 28.0 Å². The zero-order valence-corrected chi connectivity index (χ0v) is 18.3. The molecule has 0 aliphatic rings. The number of hydrogen-bond donors (Lipinski definition) is 1. The van der Waals surface area contributed by atoms with Crippen LogP contribution in [0.15, 0.2) is 54.6 Å². The minimum atomic E-state index is -1.70. The van der Waals surface area contributed by atoms with Crippen molar-refractivity contribution in [2.75, 3.05) is 0 Å². The third kappa shape index (κ3) is 3.98. The molecule has 30 heavy (non-hydrogen) atoms. The number of aldehydes is 1. The van der Waals surface area contributed by atoms with Crippen LogP contribution in [0, 0.1) is 0 Å². The average molecular weight is 425 g/mol. The Morgan fingerprint density at radius 2 is 1.73 bits per heavy atom. The van der Waals surface area contributed by atoms with Crippen molar-refractivity contribution in [3.05, 3.63) is 70.7 Å². The van der Waals surface area contributed by atoms with Crippen LogP contribution in [0.3, 0.4) is 0 Å². The summed E-state index contributed by atoms with van der Waals surface area (Å²) in [7, 11) is 0. The second kappa shape index (κ2) is 8.21. The average Bonchev–Trinajstić information content (AvgIpc) is 2.70. The van der Waals surface area contributed by atoms with Crippen LogP contribution >= 0.6 is 11.6 Å². The topological polar surface area (TPSA) is 63.6 Å². The Labute approximate surface area is 181 Å². The molecular formula is C25H25ClO4. The van der Waals surface area contributed by atoms with Gasteiger partial charge in [-0.05, 0) is 67.3 Å². The maximum absolute atomic E-state index is 12.7. The van der Waals surface area contributed by atoms with Crippen LogP contribution in [0.1, 0.15) is 50.0 Å². The smallest absolute Gasteiger partial charge is 0.340 e. The number of fused-ring (bicyclic) bond motifs is 1. The molecule has 5 heteroatoms. The van der Waals surface area contributed by atoms with Crippen molar-refractivity contribution in [3.8, 4) is 11.1 Å². The Balaban J connectivity index is 2.53. The van der Waals surface area contributed by atoms with Crippen molar-refractivity contribution in [2.24, 2.45) is 0 Å². The largest absolute Gasteiger partial charge is 0.479 e. The van der Waals surface area contributed by atoms with E-state index in [-0.39, 0.29) is 6.42 Å². The molecule has 0 aliphatic carbocycles. The number of carboxylic acids is 1. The molecule has 0 aliphatic heterocycles. The van der Waals surface area contributed by atoms with Gasteiger partial charge in [0.2, 0.25) is 0 Å². The Morgan fingerprint density at radius 3 is 2.27 bits per heavy atom. The van der Waals surface area contributed by atoms with Gasteiger partial charge in [-0.25, -0.2) is 4.79 Å². The first-order valence-electron chi connectivity index (χ1n) is 9.84. The van der Waals surface area contributed by atoms with Gasteiger partial charge in [0.05, 0.1) is 5.60 Å². The second-order valence-electron chi connectivity index (χ2n) is 8.26. The minimum absolute atomic E-state index is 0.152. The predicted octanol–water partition coefficient (Wildman–Crippen LogP) is 6.48. The first kappa shape index (κ1) is 22.0. The molecule has 0 bridgehead atoms. The highest BCUT2D eigenvalue weighted by atomic mass is 35.5. The van der Waals surface area contributed by atoms with Gasteiger partial charge in [0.1, 0.15) is 6.29 Å². The summed E-state index contributed by atoms with van der Waals surface area (Å²) in [6, 6.07) is 16.5. The lowest BCUT2D eigenvalue weighted by molar-refractivity contribution is -0.188. The summed E-state index contributed by atoms with van der Waals surface area (Å²) in [5.41, 5.74) is -0.354. The number of ether oxygens (including phenoxy) is 1. The molecule has 1 atom stereocenters. The molecule has 4 nitrogen and oxygen atoms in total. The van der Waals surface area contributed by atoms with Crippen LogP contribution in [0.4, 0.5) is 0 Å². The number of rotatable bonds is 6. The standard InChI is InChI=1S/C25H25ClO4/c1-5-25(23(28)29,30-24(2,3)4)22-18(15-27)14-17-8-6-7-9-20(17)21(22)16-10-12-19(26)13-11-16/h6-15H,5H2,1-4H3,(H,28,29). The van der Waals surface area contributed by atoms with Crippen molar-refractivity contribution in [1.82, 2.24) is 0 Å². The Hall–Kier alpha value is -2.69. The lowest BCUT2D eigenvalue weighted by Gasteiger charge is -2.38. The van der Waals surface area contributed by atoms with E-state index >= 15 is 0 Å². The first-order chi connectivity index (χ1) is 14.1. The fraction of sp³-hybridized carbons (Fsp3) is 0.280. The number of carboxylic acid groups (broad SMARTS) is 1. The van der Waals surface area contributed by atoms with E-state index in [0.717, 1.165) is 16.3 Å². The van der Waals surface area contributed by atoms with E-state index in [1.807, 2.05) is 57.2 Å². The molecule has 0 amide bonds. The molecule has 0 fully saturated rings. The number of carbonyl (C=O) groups is 2. The monoisotopic (exact) mass is 424 g/mol. The van der Waals surface area contributed by atoms with Crippen molar-refractivity contribution < 1.29 is 19.4 Å². The van der Waals surface area contributed by atoms with Gasteiger partial charge in [-0.3, -0.25) is 4.79 Å². The van der Waals surface area contributed by atoms with Gasteiger partial charge >= 0.3 is 5.97 Å². The van der Waals surface area contributed by atoms with E-state index in [1.54, 1.807) is 25.1 Å². The normalized spacial score (nSPS) is 13.8. The van der Waals surface area contributed by atoms with E-state index in [4.69, 9.17) is 16.3 Å². The van der Waals surface area contributed by atoms with E-state index in [2.05, 4.69) is 0 Å². The Kier molecular flexibility index (Phi) is 6.02. The van der Waals surface area contributed by atoms with Crippen LogP contribution < -0.4 is 0 Å². The van der Waals surface area contributed by atoms with Crippen LogP contribution in [-0.4, -0.2) is 23.0 Å². The number of halogens is 1. The second-order valence-corrected chi connectivity index (χ2v) is 8.70. The lowest BCUT2D eigenvalue weighted by atomic mass is 9.79. The SMILES string of the molecule is CCC(OC(C)(C)C)(C(=O)O)c1c(C=O)cc2ccccc2c1-c1ccc(Cl)cc1. The highest BCUT2D eigenvalue weighted by Gasteiger charge is 2.46. The van der Waals surface area contributed by atoms with Crippen LogP contribution in [0.2, 0.25) is 5.02 Å². The highest BCUT2D eigenvalue weighted by Crippen LogP contribution is 2.45. The van der Waals surface area contributed by atoms with Gasteiger partial charge in [-0.1, -0.05) is 54.9 Å². The number of benzene rings is 3. The zero-order valence-electron chi connectivity index (χ0n) is 17.5. The molecule has 0 aromatic heterocycles. The maximum Gasteiger partial charge on any atom is 0.340 e. The third-order valence-electron chi connectivity index (χ3n) is 5.07. The lowest BCUT2D eigenvalue weighted by Crippen LogP contribution is -2.45. The predicted molar refractivity (Wildman–Crippen MR) is 120 cm³/mol. The molecule has 0 radical (unpaired) electrons. The van der Waals surface area contributed by atoms with Gasteiger partial charge < -0.3 is 9.84 Å². The summed E-state index contributed by atoms with van der Waals surface area (Å²) >= 11 is 6.10. The van der Waals surface area contributed by atoms with Crippen molar-refractivity contribution in [1.29, 1.82) is 0 Å². The molecule has 1 N–H and O–H groups in total. The van der Waals surface area contributed by atoms with Gasteiger partial charge in [0.15, 0.2) is 5.60 Å². The zero-order chi connectivity index (χ0) is 22.1. The van der Waals surface area contributed by atoms with Crippen LogP contribution in [0.5, 0.6) is 0 Å². The fourth-order valence-electron chi connectivity index (χ4n) is 3.94.